The first-order valence-electron chi connectivity index (χ1n) is 6.67. The minimum Gasteiger partial charge on any atom is -0.496 e. The van der Waals surface area contributed by atoms with Crippen molar-refractivity contribution in [1.29, 1.82) is 0 Å². The molecule has 2 rings (SSSR count). The maximum absolute atomic E-state index is 11.5. The van der Waals surface area contributed by atoms with Crippen molar-refractivity contribution in [1.82, 2.24) is 0 Å². The summed E-state index contributed by atoms with van der Waals surface area (Å²) in [6, 6.07) is 9.00. The lowest BCUT2D eigenvalue weighted by molar-refractivity contribution is -0.384. The van der Waals surface area contributed by atoms with Crippen molar-refractivity contribution in [3.05, 3.63) is 62.7 Å². The molecule has 0 saturated heterocycles. The molecular formula is C16H14ClNO5. The van der Waals surface area contributed by atoms with E-state index in [1.807, 2.05) is 0 Å². The van der Waals surface area contributed by atoms with Gasteiger partial charge in [0.25, 0.3) is 5.69 Å². The summed E-state index contributed by atoms with van der Waals surface area (Å²) in [6.45, 7) is 1.58. The summed E-state index contributed by atoms with van der Waals surface area (Å²) in [6.07, 6.45) is 0. The molecule has 2 aromatic carbocycles. The maximum Gasteiger partial charge on any atom is 0.271 e. The van der Waals surface area contributed by atoms with E-state index >= 15 is 0 Å². The Bertz CT molecular complexity index is 760. The number of benzene rings is 2. The Labute approximate surface area is 137 Å². The fraction of sp³-hybridized carbons (Fsp3) is 0.188. The number of hydrogen-bond acceptors (Lipinski definition) is 5. The minimum absolute atomic E-state index is 0.0673. The fourth-order valence-corrected chi connectivity index (χ4v) is 2.22. The van der Waals surface area contributed by atoms with E-state index in [4.69, 9.17) is 21.1 Å². The van der Waals surface area contributed by atoms with Gasteiger partial charge in [0.1, 0.15) is 18.1 Å². The molecule has 0 bridgehead atoms. The summed E-state index contributed by atoms with van der Waals surface area (Å²) in [5, 5.41) is 10.8. The Morgan fingerprint density at radius 3 is 2.48 bits per heavy atom. The number of hydrogen-bond donors (Lipinski definition) is 0. The number of carbonyl (C=O) groups excluding carboxylic acids is 1. The van der Waals surface area contributed by atoms with Gasteiger partial charge < -0.3 is 9.47 Å². The Kier molecular flexibility index (Phi) is 5.18. The molecule has 0 atom stereocenters. The van der Waals surface area contributed by atoms with Crippen molar-refractivity contribution in [3.63, 3.8) is 0 Å². The van der Waals surface area contributed by atoms with Crippen LogP contribution in [0, 0.1) is 10.1 Å². The zero-order valence-corrected chi connectivity index (χ0v) is 13.3. The highest BCUT2D eigenvalue weighted by molar-refractivity contribution is 6.32. The first kappa shape index (κ1) is 16.8. The van der Waals surface area contributed by atoms with Crippen LogP contribution in [0.5, 0.6) is 11.5 Å². The number of rotatable bonds is 6. The number of ether oxygens (including phenoxy) is 2. The van der Waals surface area contributed by atoms with Gasteiger partial charge in [0.15, 0.2) is 5.78 Å². The summed E-state index contributed by atoms with van der Waals surface area (Å²) in [5.74, 6) is 0.822. The first-order chi connectivity index (χ1) is 10.9. The molecule has 0 aliphatic rings. The van der Waals surface area contributed by atoms with Gasteiger partial charge in [0.2, 0.25) is 0 Å². The summed E-state index contributed by atoms with van der Waals surface area (Å²) >= 11 is 5.98. The lowest BCUT2D eigenvalue weighted by atomic mass is 10.1. The quantitative estimate of drug-likeness (QED) is 0.452. The number of methoxy groups -OCH3 is 1. The van der Waals surface area contributed by atoms with E-state index in [2.05, 4.69) is 0 Å². The second-order valence-electron chi connectivity index (χ2n) is 4.74. The van der Waals surface area contributed by atoms with E-state index in [0.717, 1.165) is 0 Å². The molecule has 23 heavy (non-hydrogen) atoms. The average molecular weight is 336 g/mol. The van der Waals surface area contributed by atoms with Crippen molar-refractivity contribution in [2.24, 2.45) is 0 Å². The third-order valence-electron chi connectivity index (χ3n) is 3.20. The molecular weight excluding hydrogens is 322 g/mol. The molecule has 0 fully saturated rings. The number of nitro benzene ring substituents is 1. The van der Waals surface area contributed by atoms with Crippen LogP contribution in [-0.2, 0) is 6.61 Å². The van der Waals surface area contributed by atoms with Crippen molar-refractivity contribution in [2.45, 2.75) is 13.5 Å². The molecule has 120 valence electrons. The Morgan fingerprint density at radius 2 is 1.91 bits per heavy atom. The van der Waals surface area contributed by atoms with Crippen LogP contribution >= 0.6 is 11.6 Å². The number of nitro groups is 1. The first-order valence-corrected chi connectivity index (χ1v) is 7.04. The highest BCUT2D eigenvalue weighted by Gasteiger charge is 2.12. The molecule has 2 aromatic rings. The minimum atomic E-state index is -0.533. The molecule has 0 heterocycles. The normalized spacial score (nSPS) is 10.2. The van der Waals surface area contributed by atoms with E-state index in [1.165, 1.54) is 32.2 Å². The van der Waals surface area contributed by atoms with Gasteiger partial charge in [-0.15, -0.1) is 0 Å². The smallest absolute Gasteiger partial charge is 0.271 e. The number of carbonyl (C=O) groups is 1. The lowest BCUT2D eigenvalue weighted by Crippen LogP contribution is -2.02. The Hall–Kier alpha value is -2.60. The van der Waals surface area contributed by atoms with E-state index in [0.29, 0.717) is 22.6 Å². The molecule has 0 aromatic heterocycles. The molecule has 0 N–H and O–H groups in total. The van der Waals surface area contributed by atoms with Gasteiger partial charge in [-0.3, -0.25) is 14.9 Å². The molecule has 0 radical (unpaired) electrons. The second kappa shape index (κ2) is 7.11. The van der Waals surface area contributed by atoms with E-state index in [1.54, 1.807) is 18.2 Å². The topological polar surface area (TPSA) is 78.7 Å². The van der Waals surface area contributed by atoms with Gasteiger partial charge in [-0.1, -0.05) is 11.6 Å². The number of nitrogens with zero attached hydrogens (tertiary/aromatic N) is 1. The molecule has 0 spiro atoms. The highest BCUT2D eigenvalue weighted by atomic mass is 35.5. The maximum atomic E-state index is 11.5. The highest BCUT2D eigenvalue weighted by Crippen LogP contribution is 2.30. The predicted octanol–water partition coefficient (Wildman–Crippen LogP) is 4.04. The third-order valence-corrected chi connectivity index (χ3v) is 3.49. The Morgan fingerprint density at radius 1 is 1.22 bits per heavy atom. The second-order valence-corrected chi connectivity index (χ2v) is 5.15. The molecule has 0 saturated carbocycles. The summed E-state index contributed by atoms with van der Waals surface area (Å²) < 4.78 is 10.8. The third kappa shape index (κ3) is 3.98. The molecule has 7 heteroatoms. The van der Waals surface area contributed by atoms with Crippen LogP contribution in [-0.4, -0.2) is 17.8 Å². The van der Waals surface area contributed by atoms with Gasteiger partial charge in [0.05, 0.1) is 17.1 Å². The van der Waals surface area contributed by atoms with E-state index in [-0.39, 0.29) is 23.1 Å². The van der Waals surface area contributed by atoms with Gasteiger partial charge >= 0.3 is 0 Å². The van der Waals surface area contributed by atoms with Crippen LogP contribution < -0.4 is 9.47 Å². The zero-order valence-electron chi connectivity index (χ0n) is 12.5. The monoisotopic (exact) mass is 335 g/mol. The molecule has 0 aliphatic heterocycles. The Balaban J connectivity index is 2.22. The van der Waals surface area contributed by atoms with Gasteiger partial charge in [-0.2, -0.15) is 0 Å². The van der Waals surface area contributed by atoms with Crippen LogP contribution in [0.3, 0.4) is 0 Å². The van der Waals surface area contributed by atoms with Gasteiger partial charge in [0, 0.05) is 23.3 Å². The van der Waals surface area contributed by atoms with Gasteiger partial charge in [-0.05, 0) is 31.2 Å². The van der Waals surface area contributed by atoms with Crippen molar-refractivity contribution in [3.8, 4) is 11.5 Å². The van der Waals surface area contributed by atoms with Crippen molar-refractivity contribution >= 4 is 23.1 Å². The lowest BCUT2D eigenvalue weighted by Gasteiger charge is -2.12. The molecule has 0 unspecified atom stereocenters. The fourth-order valence-electron chi connectivity index (χ4n) is 1.99. The summed E-state index contributed by atoms with van der Waals surface area (Å²) in [4.78, 5) is 21.6. The average Bonchev–Trinajstić information content (AvgIpc) is 2.53. The van der Waals surface area contributed by atoms with Crippen LogP contribution in [0.1, 0.15) is 22.8 Å². The van der Waals surface area contributed by atoms with E-state index < -0.39 is 4.92 Å². The molecule has 6 nitrogen and oxygen atoms in total. The number of Topliss-reactive ketones (excluding diaryl/α,β-unsaturated/α-hetero) is 1. The SMILES string of the molecule is COc1ccc(C(C)=O)cc1COc1ccc([N+](=O)[O-])cc1Cl. The van der Waals surface area contributed by atoms with Crippen LogP contribution in [0.2, 0.25) is 5.02 Å². The molecule has 0 amide bonds. The van der Waals surface area contributed by atoms with E-state index in [9.17, 15) is 14.9 Å². The number of non-ortho nitro benzene ring substituents is 1. The van der Waals surface area contributed by atoms with Crippen LogP contribution in [0.15, 0.2) is 36.4 Å². The van der Waals surface area contributed by atoms with Crippen LogP contribution in [0.4, 0.5) is 5.69 Å². The number of halogens is 1. The van der Waals surface area contributed by atoms with Gasteiger partial charge in [-0.25, -0.2) is 0 Å². The largest absolute Gasteiger partial charge is 0.496 e. The summed E-state index contributed by atoms with van der Waals surface area (Å²) in [5.41, 5.74) is 1.10. The van der Waals surface area contributed by atoms with Crippen molar-refractivity contribution < 1.29 is 19.2 Å². The standard InChI is InChI=1S/C16H14ClNO5/c1-10(19)11-3-5-15(22-2)12(7-11)9-23-16-6-4-13(18(20)21)8-14(16)17/h3-8H,9H2,1-2H3. The van der Waals surface area contributed by atoms with Crippen LogP contribution in [0.25, 0.3) is 0 Å². The zero-order chi connectivity index (χ0) is 17.0. The molecule has 0 aliphatic carbocycles. The summed E-state index contributed by atoms with van der Waals surface area (Å²) in [7, 11) is 1.52. The predicted molar refractivity (Wildman–Crippen MR) is 85.4 cm³/mol. The number of ketones is 1. The van der Waals surface area contributed by atoms with Crippen molar-refractivity contribution in [2.75, 3.05) is 7.11 Å².